The fourth-order valence-corrected chi connectivity index (χ4v) is 2.27. The van der Waals surface area contributed by atoms with Gasteiger partial charge in [-0.15, -0.1) is 0 Å². The summed E-state index contributed by atoms with van der Waals surface area (Å²) in [5.41, 5.74) is 1.58. The summed E-state index contributed by atoms with van der Waals surface area (Å²) in [7, 11) is 1.57. The van der Waals surface area contributed by atoms with Crippen LogP contribution in [0.4, 0.5) is 5.69 Å². The Kier molecular flexibility index (Phi) is 6.21. The Hall–Kier alpha value is -2.53. The molecule has 0 atom stereocenters. The molecule has 0 aromatic heterocycles. The molecule has 0 unspecified atom stereocenters. The Morgan fingerprint density at radius 3 is 2.25 bits per heavy atom. The quantitative estimate of drug-likeness (QED) is 0.874. The van der Waals surface area contributed by atoms with Crippen LogP contribution in [0.15, 0.2) is 48.5 Å². The molecule has 0 heterocycles. The maximum absolute atomic E-state index is 12.1. The van der Waals surface area contributed by atoms with Gasteiger partial charge in [0, 0.05) is 24.2 Å². The average Bonchev–Trinajstić information content (AvgIpc) is 2.59. The van der Waals surface area contributed by atoms with Crippen LogP contribution in [0.3, 0.4) is 0 Å². The molecule has 2 aromatic carbocycles. The van der Waals surface area contributed by atoms with Gasteiger partial charge in [-0.05, 0) is 42.0 Å². The molecule has 0 aliphatic carbocycles. The average molecular weight is 347 g/mol. The van der Waals surface area contributed by atoms with E-state index in [1.54, 1.807) is 43.5 Å². The van der Waals surface area contributed by atoms with Crippen molar-refractivity contribution in [2.24, 2.45) is 0 Å². The number of hydrogen-bond donors (Lipinski definition) is 1. The monoisotopic (exact) mass is 346 g/mol. The molecule has 0 aliphatic heterocycles. The largest absolute Gasteiger partial charge is 0.497 e. The third-order valence-electron chi connectivity index (χ3n) is 3.47. The number of rotatable bonds is 6. The Morgan fingerprint density at radius 1 is 1.08 bits per heavy atom. The number of amides is 2. The van der Waals surface area contributed by atoms with Crippen LogP contribution in [0.2, 0.25) is 5.02 Å². The number of benzene rings is 2. The van der Waals surface area contributed by atoms with E-state index in [1.165, 1.54) is 11.8 Å². The highest BCUT2D eigenvalue weighted by molar-refractivity contribution is 6.30. The van der Waals surface area contributed by atoms with Crippen LogP contribution in [0, 0.1) is 0 Å². The minimum atomic E-state index is -0.240. The van der Waals surface area contributed by atoms with Crippen LogP contribution >= 0.6 is 11.6 Å². The first-order chi connectivity index (χ1) is 11.5. The number of carbonyl (C=O) groups excluding carboxylic acids is 2. The standard InChI is InChI=1S/C18H19ClN2O3/c1-13(22)21(16-7-9-17(24-2)10-8-16)12-18(23)20-11-14-3-5-15(19)6-4-14/h3-10H,11-12H2,1-2H3,(H,20,23). The highest BCUT2D eigenvalue weighted by atomic mass is 35.5. The topological polar surface area (TPSA) is 58.6 Å². The van der Waals surface area contributed by atoms with Gasteiger partial charge in [0.1, 0.15) is 12.3 Å². The first kappa shape index (κ1) is 17.8. The number of halogens is 1. The highest BCUT2D eigenvalue weighted by Crippen LogP contribution is 2.19. The molecule has 0 fully saturated rings. The first-order valence-corrected chi connectivity index (χ1v) is 7.80. The summed E-state index contributed by atoms with van der Waals surface area (Å²) in [5, 5.41) is 3.44. The van der Waals surface area contributed by atoms with Crippen molar-refractivity contribution in [2.45, 2.75) is 13.5 Å². The Morgan fingerprint density at radius 2 is 1.71 bits per heavy atom. The molecule has 2 amide bonds. The van der Waals surface area contributed by atoms with Crippen molar-refractivity contribution in [3.8, 4) is 5.75 Å². The lowest BCUT2D eigenvalue weighted by Gasteiger charge is -2.21. The molecule has 0 radical (unpaired) electrons. The summed E-state index contributed by atoms with van der Waals surface area (Å²) in [6, 6.07) is 14.2. The fourth-order valence-electron chi connectivity index (χ4n) is 2.15. The van der Waals surface area contributed by atoms with Gasteiger partial charge >= 0.3 is 0 Å². The minimum Gasteiger partial charge on any atom is -0.497 e. The number of methoxy groups -OCH3 is 1. The fraction of sp³-hybridized carbons (Fsp3) is 0.222. The lowest BCUT2D eigenvalue weighted by molar-refractivity contribution is -0.123. The van der Waals surface area contributed by atoms with Crippen molar-refractivity contribution in [2.75, 3.05) is 18.6 Å². The van der Waals surface area contributed by atoms with Crippen LogP contribution in [0.25, 0.3) is 0 Å². The van der Waals surface area contributed by atoms with E-state index < -0.39 is 0 Å². The molecule has 1 N–H and O–H groups in total. The van der Waals surface area contributed by atoms with Gasteiger partial charge in [0.2, 0.25) is 11.8 Å². The lowest BCUT2D eigenvalue weighted by Crippen LogP contribution is -2.39. The SMILES string of the molecule is COc1ccc(N(CC(=O)NCc2ccc(Cl)cc2)C(C)=O)cc1. The van der Waals surface area contributed by atoms with E-state index in [4.69, 9.17) is 16.3 Å². The van der Waals surface area contributed by atoms with Crippen LogP contribution in [-0.4, -0.2) is 25.5 Å². The number of nitrogens with one attached hydrogen (secondary N) is 1. The molecular formula is C18H19ClN2O3. The molecule has 0 saturated heterocycles. The van der Waals surface area contributed by atoms with Gasteiger partial charge in [0.25, 0.3) is 0 Å². The van der Waals surface area contributed by atoms with Crippen molar-refractivity contribution in [3.05, 3.63) is 59.1 Å². The first-order valence-electron chi connectivity index (χ1n) is 7.43. The van der Waals surface area contributed by atoms with E-state index in [1.807, 2.05) is 12.1 Å². The van der Waals surface area contributed by atoms with E-state index in [0.717, 1.165) is 5.56 Å². The zero-order valence-corrected chi connectivity index (χ0v) is 14.3. The second-order valence-electron chi connectivity index (χ2n) is 5.21. The summed E-state index contributed by atoms with van der Waals surface area (Å²) in [5.74, 6) is 0.243. The third-order valence-corrected chi connectivity index (χ3v) is 3.72. The molecule has 2 rings (SSSR count). The zero-order chi connectivity index (χ0) is 17.5. The number of ether oxygens (including phenoxy) is 1. The second kappa shape index (κ2) is 8.36. The molecule has 0 spiro atoms. The third kappa shape index (κ3) is 4.99. The maximum atomic E-state index is 12.1. The van der Waals surface area contributed by atoms with Crippen molar-refractivity contribution >= 4 is 29.1 Å². The molecule has 0 aliphatic rings. The predicted molar refractivity (Wildman–Crippen MR) is 94.3 cm³/mol. The summed E-state index contributed by atoms with van der Waals surface area (Å²) in [6.45, 7) is 1.76. The molecule has 5 nitrogen and oxygen atoms in total. The number of hydrogen-bond acceptors (Lipinski definition) is 3. The van der Waals surface area contributed by atoms with Gasteiger partial charge in [-0.1, -0.05) is 23.7 Å². The van der Waals surface area contributed by atoms with E-state index >= 15 is 0 Å². The van der Waals surface area contributed by atoms with Gasteiger partial charge in [0.05, 0.1) is 7.11 Å². The summed E-state index contributed by atoms with van der Waals surface area (Å²) in [6.07, 6.45) is 0. The van der Waals surface area contributed by atoms with Crippen molar-refractivity contribution in [1.82, 2.24) is 5.32 Å². The Labute approximate surface area is 146 Å². The molecule has 24 heavy (non-hydrogen) atoms. The van der Waals surface area contributed by atoms with E-state index in [9.17, 15) is 9.59 Å². The summed E-state index contributed by atoms with van der Waals surface area (Å²) >= 11 is 5.83. The van der Waals surface area contributed by atoms with Gasteiger partial charge in [-0.25, -0.2) is 0 Å². The second-order valence-corrected chi connectivity index (χ2v) is 5.64. The summed E-state index contributed by atoms with van der Waals surface area (Å²) < 4.78 is 5.09. The molecule has 0 saturated carbocycles. The van der Waals surface area contributed by atoms with Crippen molar-refractivity contribution < 1.29 is 14.3 Å². The van der Waals surface area contributed by atoms with E-state index in [0.29, 0.717) is 23.0 Å². The zero-order valence-electron chi connectivity index (χ0n) is 13.6. The highest BCUT2D eigenvalue weighted by Gasteiger charge is 2.15. The lowest BCUT2D eigenvalue weighted by atomic mass is 10.2. The number of nitrogens with zero attached hydrogens (tertiary/aromatic N) is 1. The number of carbonyl (C=O) groups is 2. The van der Waals surface area contributed by atoms with Gasteiger partial charge in [-0.3, -0.25) is 9.59 Å². The molecule has 126 valence electrons. The molecule has 0 bridgehead atoms. The van der Waals surface area contributed by atoms with E-state index in [2.05, 4.69) is 5.32 Å². The molecule has 6 heteroatoms. The van der Waals surface area contributed by atoms with Crippen molar-refractivity contribution in [3.63, 3.8) is 0 Å². The van der Waals surface area contributed by atoms with Crippen LogP contribution < -0.4 is 15.0 Å². The van der Waals surface area contributed by atoms with Crippen LogP contribution in [0.5, 0.6) is 5.75 Å². The minimum absolute atomic E-state index is 0.0464. The predicted octanol–water partition coefficient (Wildman–Crippen LogP) is 3.02. The van der Waals surface area contributed by atoms with Gasteiger partial charge in [-0.2, -0.15) is 0 Å². The van der Waals surface area contributed by atoms with Gasteiger partial charge in [0.15, 0.2) is 0 Å². The normalized spacial score (nSPS) is 10.1. The summed E-state index contributed by atoms with van der Waals surface area (Å²) in [4.78, 5) is 25.4. The van der Waals surface area contributed by atoms with Gasteiger partial charge < -0.3 is 15.0 Å². The Balaban J connectivity index is 1.97. The molecular weight excluding hydrogens is 328 g/mol. The maximum Gasteiger partial charge on any atom is 0.240 e. The Bertz CT molecular complexity index is 699. The smallest absolute Gasteiger partial charge is 0.240 e. The number of anilines is 1. The molecule has 2 aromatic rings. The van der Waals surface area contributed by atoms with Crippen LogP contribution in [0.1, 0.15) is 12.5 Å². The van der Waals surface area contributed by atoms with Crippen molar-refractivity contribution in [1.29, 1.82) is 0 Å². The van der Waals surface area contributed by atoms with Crippen LogP contribution in [-0.2, 0) is 16.1 Å². The van der Waals surface area contributed by atoms with E-state index in [-0.39, 0.29) is 18.4 Å².